The van der Waals surface area contributed by atoms with Crippen LogP contribution in [0.5, 0.6) is 0 Å². The van der Waals surface area contributed by atoms with Crippen LogP contribution in [0.15, 0.2) is 12.7 Å². The predicted octanol–water partition coefficient (Wildman–Crippen LogP) is 2.58. The molecule has 0 aliphatic heterocycles. The molecule has 0 fully saturated rings. The Morgan fingerprint density at radius 1 is 1.54 bits per heavy atom. The van der Waals surface area contributed by atoms with Crippen molar-refractivity contribution in [3.8, 4) is 0 Å². The number of carbonyl (C=O) groups is 1. The van der Waals surface area contributed by atoms with Crippen LogP contribution in [0.25, 0.3) is 0 Å². The molecule has 0 spiro atoms. The maximum absolute atomic E-state index is 11.3. The molecule has 2 heteroatoms. The summed E-state index contributed by atoms with van der Waals surface area (Å²) in [5.41, 5.74) is -0.712. The fourth-order valence-corrected chi connectivity index (χ4v) is 0.867. The summed E-state index contributed by atoms with van der Waals surface area (Å²) in [6, 6.07) is 0. The normalized spacial score (nSPS) is 11.8. The lowest BCUT2D eigenvalue weighted by Gasteiger charge is -2.22. The Morgan fingerprint density at radius 3 is 2.46 bits per heavy atom. The maximum Gasteiger partial charge on any atom is 0.186 e. The largest absolute Gasteiger partial charge is 0.367 e. The molecule has 0 rings (SSSR count). The number of hydrogen-bond acceptors (Lipinski definition) is 2. The molecular formula is C11H20O2. The van der Waals surface area contributed by atoms with E-state index in [1.807, 2.05) is 0 Å². The topological polar surface area (TPSA) is 26.3 Å². The van der Waals surface area contributed by atoms with Crippen LogP contribution in [0.2, 0.25) is 0 Å². The first-order valence-corrected chi connectivity index (χ1v) is 4.71. The van der Waals surface area contributed by atoms with Gasteiger partial charge in [0.25, 0.3) is 0 Å². The molecule has 0 amide bonds. The van der Waals surface area contributed by atoms with Gasteiger partial charge in [0.05, 0.1) is 0 Å². The second-order valence-electron chi connectivity index (χ2n) is 4.11. The molecule has 0 bridgehead atoms. The van der Waals surface area contributed by atoms with Crippen LogP contribution < -0.4 is 0 Å². The molecule has 0 aliphatic rings. The molecule has 0 saturated heterocycles. The lowest BCUT2D eigenvalue weighted by atomic mass is 10.0. The third kappa shape index (κ3) is 4.83. The van der Waals surface area contributed by atoms with Crippen molar-refractivity contribution in [3.63, 3.8) is 0 Å². The van der Waals surface area contributed by atoms with Gasteiger partial charge in [-0.2, -0.15) is 0 Å². The highest BCUT2D eigenvalue weighted by Crippen LogP contribution is 2.13. The van der Waals surface area contributed by atoms with E-state index in [1.54, 1.807) is 13.8 Å². The first-order valence-electron chi connectivity index (χ1n) is 4.71. The molecule has 0 radical (unpaired) electrons. The monoisotopic (exact) mass is 184 g/mol. The molecule has 0 unspecified atom stereocenters. The molecule has 0 aliphatic carbocycles. The van der Waals surface area contributed by atoms with Gasteiger partial charge in [-0.1, -0.05) is 20.4 Å². The van der Waals surface area contributed by atoms with Gasteiger partial charge < -0.3 is 4.74 Å². The highest BCUT2D eigenvalue weighted by atomic mass is 16.5. The predicted molar refractivity (Wildman–Crippen MR) is 54.7 cm³/mol. The van der Waals surface area contributed by atoms with E-state index in [0.29, 0.717) is 12.5 Å². The molecule has 0 aromatic heterocycles. The maximum atomic E-state index is 11.3. The summed E-state index contributed by atoms with van der Waals surface area (Å²) >= 11 is 0. The molecule has 0 N–H and O–H groups in total. The van der Waals surface area contributed by atoms with E-state index >= 15 is 0 Å². The summed E-state index contributed by atoms with van der Waals surface area (Å²) in [6.07, 6.45) is 2.29. The molecule has 0 heterocycles. The Kier molecular flexibility index (Phi) is 4.92. The molecule has 76 valence electrons. The fourth-order valence-electron chi connectivity index (χ4n) is 0.867. The summed E-state index contributed by atoms with van der Waals surface area (Å²) in [5, 5.41) is 0. The van der Waals surface area contributed by atoms with Crippen molar-refractivity contribution in [1.82, 2.24) is 0 Å². The van der Waals surface area contributed by atoms with Crippen LogP contribution in [-0.4, -0.2) is 18.0 Å². The van der Waals surface area contributed by atoms with Gasteiger partial charge in [-0.3, -0.25) is 4.79 Å². The van der Waals surface area contributed by atoms with E-state index < -0.39 is 5.60 Å². The summed E-state index contributed by atoms with van der Waals surface area (Å²) in [4.78, 5) is 11.3. The number of hydrogen-bond donors (Lipinski definition) is 0. The first kappa shape index (κ1) is 12.4. The lowest BCUT2D eigenvalue weighted by molar-refractivity contribution is -0.135. The van der Waals surface area contributed by atoms with Crippen LogP contribution in [0, 0.1) is 5.92 Å². The summed E-state index contributed by atoms with van der Waals surface area (Å²) in [7, 11) is 0. The van der Waals surface area contributed by atoms with E-state index in [1.165, 1.54) is 6.08 Å². The highest BCUT2D eigenvalue weighted by molar-refractivity contribution is 5.95. The standard InChI is InChI=1S/C11H20O2/c1-6-10(12)11(4,5)13-8-7-9(2)3/h6,9H,1,7-8H2,2-5H3. The summed E-state index contributed by atoms with van der Waals surface area (Å²) in [5.74, 6) is 0.547. The highest BCUT2D eigenvalue weighted by Gasteiger charge is 2.25. The number of rotatable bonds is 6. The molecular weight excluding hydrogens is 164 g/mol. The number of ketones is 1. The van der Waals surface area contributed by atoms with E-state index in [0.717, 1.165) is 6.42 Å². The molecule has 0 aromatic carbocycles. The Morgan fingerprint density at radius 2 is 2.08 bits per heavy atom. The van der Waals surface area contributed by atoms with E-state index in [4.69, 9.17) is 4.74 Å². The second kappa shape index (κ2) is 5.18. The fraction of sp³-hybridized carbons (Fsp3) is 0.727. The minimum absolute atomic E-state index is 0.0590. The number of ether oxygens (including phenoxy) is 1. The van der Waals surface area contributed by atoms with Gasteiger partial charge in [0.1, 0.15) is 5.60 Å². The van der Waals surface area contributed by atoms with Gasteiger partial charge in [-0.15, -0.1) is 0 Å². The van der Waals surface area contributed by atoms with Gasteiger partial charge >= 0.3 is 0 Å². The van der Waals surface area contributed by atoms with Crippen LogP contribution in [0.3, 0.4) is 0 Å². The first-order chi connectivity index (χ1) is 5.90. The van der Waals surface area contributed by atoms with Crippen molar-refractivity contribution < 1.29 is 9.53 Å². The van der Waals surface area contributed by atoms with Crippen molar-refractivity contribution in [3.05, 3.63) is 12.7 Å². The zero-order valence-corrected chi connectivity index (χ0v) is 9.09. The molecule has 0 aromatic rings. The smallest absolute Gasteiger partial charge is 0.186 e. The van der Waals surface area contributed by atoms with Crippen molar-refractivity contribution in [2.75, 3.05) is 6.61 Å². The van der Waals surface area contributed by atoms with Gasteiger partial charge in [-0.25, -0.2) is 0 Å². The molecule has 13 heavy (non-hydrogen) atoms. The third-order valence-electron chi connectivity index (χ3n) is 1.94. The Balaban J connectivity index is 3.89. The molecule has 0 saturated carbocycles. The van der Waals surface area contributed by atoms with Crippen molar-refractivity contribution in [1.29, 1.82) is 0 Å². The second-order valence-corrected chi connectivity index (χ2v) is 4.11. The quantitative estimate of drug-likeness (QED) is 0.593. The molecule has 0 atom stereocenters. The van der Waals surface area contributed by atoms with E-state index in [2.05, 4.69) is 20.4 Å². The van der Waals surface area contributed by atoms with Gasteiger partial charge in [0, 0.05) is 6.61 Å². The van der Waals surface area contributed by atoms with Gasteiger partial charge in [-0.05, 0) is 32.3 Å². The van der Waals surface area contributed by atoms with Crippen LogP contribution in [0.4, 0.5) is 0 Å². The SMILES string of the molecule is C=CC(=O)C(C)(C)OCCC(C)C. The van der Waals surface area contributed by atoms with Crippen molar-refractivity contribution >= 4 is 5.78 Å². The van der Waals surface area contributed by atoms with Crippen molar-refractivity contribution in [2.24, 2.45) is 5.92 Å². The minimum atomic E-state index is -0.712. The zero-order valence-electron chi connectivity index (χ0n) is 9.09. The third-order valence-corrected chi connectivity index (χ3v) is 1.94. The van der Waals surface area contributed by atoms with E-state index in [9.17, 15) is 4.79 Å². The van der Waals surface area contributed by atoms with E-state index in [-0.39, 0.29) is 5.78 Å². The van der Waals surface area contributed by atoms with Gasteiger partial charge in [0.15, 0.2) is 5.78 Å². The Labute approximate surface area is 81.0 Å². The lowest BCUT2D eigenvalue weighted by Crippen LogP contribution is -2.34. The zero-order chi connectivity index (χ0) is 10.5. The Hall–Kier alpha value is -0.630. The summed E-state index contributed by atoms with van der Waals surface area (Å²) < 4.78 is 5.47. The number of carbonyl (C=O) groups excluding carboxylic acids is 1. The van der Waals surface area contributed by atoms with Gasteiger partial charge in [0.2, 0.25) is 0 Å². The Bertz CT molecular complexity index is 181. The van der Waals surface area contributed by atoms with Crippen LogP contribution >= 0.6 is 0 Å². The minimum Gasteiger partial charge on any atom is -0.367 e. The molecule has 2 nitrogen and oxygen atoms in total. The van der Waals surface area contributed by atoms with Crippen molar-refractivity contribution in [2.45, 2.75) is 39.7 Å². The average molecular weight is 184 g/mol. The van der Waals surface area contributed by atoms with Crippen LogP contribution in [-0.2, 0) is 9.53 Å². The summed E-state index contributed by atoms with van der Waals surface area (Å²) in [6.45, 7) is 11.9. The average Bonchev–Trinajstić information content (AvgIpc) is 2.01. The van der Waals surface area contributed by atoms with Crippen LogP contribution in [0.1, 0.15) is 34.1 Å².